The quantitative estimate of drug-likeness (QED) is 0.828. The highest BCUT2D eigenvalue weighted by Crippen LogP contribution is 2.16. The van der Waals surface area contributed by atoms with E-state index in [-0.39, 0.29) is 11.9 Å². The summed E-state index contributed by atoms with van der Waals surface area (Å²) in [6.07, 6.45) is 3.87. The molecule has 1 atom stereocenters. The van der Waals surface area contributed by atoms with E-state index in [0.717, 1.165) is 25.2 Å². The second kappa shape index (κ2) is 6.75. The lowest BCUT2D eigenvalue weighted by atomic mass is 10.1. The highest BCUT2D eigenvalue weighted by atomic mass is 16.1. The van der Waals surface area contributed by atoms with Crippen LogP contribution in [0.25, 0.3) is 0 Å². The molecule has 1 aliphatic rings. The van der Waals surface area contributed by atoms with Crippen molar-refractivity contribution < 1.29 is 4.79 Å². The number of carbonyl (C=O) groups excluding carboxylic acids is 1. The van der Waals surface area contributed by atoms with Gasteiger partial charge >= 0.3 is 0 Å². The average molecular weight is 275 g/mol. The minimum Gasteiger partial charge on any atom is -0.398 e. The molecule has 110 valence electrons. The summed E-state index contributed by atoms with van der Waals surface area (Å²) in [5.74, 6) is -0.0647. The van der Waals surface area contributed by atoms with E-state index in [2.05, 4.69) is 17.1 Å². The van der Waals surface area contributed by atoms with Gasteiger partial charge in [0.2, 0.25) is 0 Å². The normalized spacial score (nSPS) is 17.7. The standard InChI is InChI=1S/C16H25N3O/c1-12-7-6-8-14(17)15(12)16(20)18-13(2)11-19-9-4-3-5-10-19/h6-8,13H,3-5,9-11,17H2,1-2H3,(H,18,20). The van der Waals surface area contributed by atoms with Gasteiger partial charge in [-0.2, -0.15) is 0 Å². The lowest BCUT2D eigenvalue weighted by Gasteiger charge is -2.29. The number of amides is 1. The van der Waals surface area contributed by atoms with Gasteiger partial charge in [-0.15, -0.1) is 0 Å². The van der Waals surface area contributed by atoms with Gasteiger partial charge in [0.15, 0.2) is 0 Å². The fourth-order valence-corrected chi connectivity index (χ4v) is 2.87. The summed E-state index contributed by atoms with van der Waals surface area (Å²) in [5.41, 5.74) is 7.99. The molecule has 1 saturated heterocycles. The average Bonchev–Trinajstić information content (AvgIpc) is 2.39. The number of carbonyl (C=O) groups is 1. The van der Waals surface area contributed by atoms with Gasteiger partial charge in [0.05, 0.1) is 5.56 Å². The maximum atomic E-state index is 12.3. The fourth-order valence-electron chi connectivity index (χ4n) is 2.87. The van der Waals surface area contributed by atoms with Crippen molar-refractivity contribution >= 4 is 11.6 Å². The van der Waals surface area contributed by atoms with Crippen LogP contribution in [0.3, 0.4) is 0 Å². The molecule has 4 nitrogen and oxygen atoms in total. The largest absolute Gasteiger partial charge is 0.398 e. The number of benzene rings is 1. The molecule has 0 spiro atoms. The minimum atomic E-state index is -0.0647. The summed E-state index contributed by atoms with van der Waals surface area (Å²) < 4.78 is 0. The molecule has 1 aromatic carbocycles. The van der Waals surface area contributed by atoms with Gasteiger partial charge in [0, 0.05) is 18.3 Å². The van der Waals surface area contributed by atoms with Crippen molar-refractivity contribution in [2.24, 2.45) is 0 Å². The Balaban J connectivity index is 1.93. The first-order valence-corrected chi connectivity index (χ1v) is 7.46. The predicted molar refractivity (Wildman–Crippen MR) is 82.8 cm³/mol. The Labute approximate surface area is 121 Å². The van der Waals surface area contributed by atoms with Crippen LogP contribution < -0.4 is 11.1 Å². The Kier molecular flexibility index (Phi) is 5.01. The summed E-state index contributed by atoms with van der Waals surface area (Å²) in [6, 6.07) is 5.70. The van der Waals surface area contributed by atoms with Crippen LogP contribution in [0.4, 0.5) is 5.69 Å². The number of aryl methyl sites for hydroxylation is 1. The van der Waals surface area contributed by atoms with Gasteiger partial charge in [0.25, 0.3) is 5.91 Å². The van der Waals surface area contributed by atoms with E-state index in [0.29, 0.717) is 11.3 Å². The van der Waals surface area contributed by atoms with Crippen LogP contribution in [0.1, 0.15) is 42.1 Å². The molecular formula is C16H25N3O. The maximum absolute atomic E-state index is 12.3. The third-order valence-corrected chi connectivity index (χ3v) is 3.89. The molecule has 0 aliphatic carbocycles. The topological polar surface area (TPSA) is 58.4 Å². The lowest BCUT2D eigenvalue weighted by molar-refractivity contribution is 0.0926. The van der Waals surface area contributed by atoms with E-state index in [1.165, 1.54) is 19.3 Å². The molecule has 1 aromatic rings. The Bertz CT molecular complexity index is 447. The van der Waals surface area contributed by atoms with Crippen molar-refractivity contribution in [3.63, 3.8) is 0 Å². The van der Waals surface area contributed by atoms with E-state index in [9.17, 15) is 4.79 Å². The smallest absolute Gasteiger partial charge is 0.253 e. The fraction of sp³-hybridized carbons (Fsp3) is 0.562. The minimum absolute atomic E-state index is 0.0647. The van der Waals surface area contributed by atoms with E-state index in [1.54, 1.807) is 6.07 Å². The van der Waals surface area contributed by atoms with Crippen molar-refractivity contribution in [3.05, 3.63) is 29.3 Å². The number of nitrogen functional groups attached to an aromatic ring is 1. The first kappa shape index (κ1) is 14.9. The number of nitrogens with zero attached hydrogens (tertiary/aromatic N) is 1. The Morgan fingerprint density at radius 3 is 2.70 bits per heavy atom. The summed E-state index contributed by atoms with van der Waals surface area (Å²) in [6.45, 7) is 7.18. The maximum Gasteiger partial charge on any atom is 0.253 e. The molecule has 0 radical (unpaired) electrons. The van der Waals surface area contributed by atoms with E-state index < -0.39 is 0 Å². The number of likely N-dealkylation sites (tertiary alicyclic amines) is 1. The zero-order valence-corrected chi connectivity index (χ0v) is 12.5. The van der Waals surface area contributed by atoms with E-state index in [1.807, 2.05) is 19.1 Å². The van der Waals surface area contributed by atoms with Gasteiger partial charge in [0.1, 0.15) is 0 Å². The zero-order chi connectivity index (χ0) is 14.5. The third-order valence-electron chi connectivity index (χ3n) is 3.89. The van der Waals surface area contributed by atoms with E-state index in [4.69, 9.17) is 5.73 Å². The van der Waals surface area contributed by atoms with Crippen LogP contribution in [0, 0.1) is 6.92 Å². The molecular weight excluding hydrogens is 250 g/mol. The number of nitrogens with two attached hydrogens (primary N) is 1. The molecule has 4 heteroatoms. The van der Waals surface area contributed by atoms with Crippen molar-refractivity contribution in [1.82, 2.24) is 10.2 Å². The van der Waals surface area contributed by atoms with Crippen LogP contribution in [0.5, 0.6) is 0 Å². The first-order chi connectivity index (χ1) is 9.58. The highest BCUT2D eigenvalue weighted by molar-refractivity contribution is 6.00. The number of piperidine rings is 1. The third kappa shape index (κ3) is 3.73. The molecule has 0 aromatic heterocycles. The van der Waals surface area contributed by atoms with Gasteiger partial charge < -0.3 is 16.0 Å². The Morgan fingerprint density at radius 1 is 1.35 bits per heavy atom. The number of hydrogen-bond acceptors (Lipinski definition) is 3. The molecule has 1 unspecified atom stereocenters. The summed E-state index contributed by atoms with van der Waals surface area (Å²) in [4.78, 5) is 14.8. The molecule has 1 aliphatic heterocycles. The molecule has 1 amide bonds. The van der Waals surface area contributed by atoms with Crippen LogP contribution in [0.2, 0.25) is 0 Å². The number of hydrogen-bond donors (Lipinski definition) is 2. The SMILES string of the molecule is Cc1cccc(N)c1C(=O)NC(C)CN1CCCCC1. The first-order valence-electron chi connectivity index (χ1n) is 7.46. The molecule has 3 N–H and O–H groups in total. The molecule has 1 heterocycles. The number of anilines is 1. The van der Waals surface area contributed by atoms with Gasteiger partial charge in [-0.05, 0) is 51.4 Å². The van der Waals surface area contributed by atoms with Crippen LogP contribution in [0.15, 0.2) is 18.2 Å². The second-order valence-corrected chi connectivity index (χ2v) is 5.77. The van der Waals surface area contributed by atoms with E-state index >= 15 is 0 Å². The number of rotatable bonds is 4. The van der Waals surface area contributed by atoms with Crippen molar-refractivity contribution in [1.29, 1.82) is 0 Å². The van der Waals surface area contributed by atoms with Crippen molar-refractivity contribution in [3.8, 4) is 0 Å². The zero-order valence-electron chi connectivity index (χ0n) is 12.5. The highest BCUT2D eigenvalue weighted by Gasteiger charge is 2.17. The van der Waals surface area contributed by atoms with Gasteiger partial charge in [-0.1, -0.05) is 18.6 Å². The molecule has 0 bridgehead atoms. The number of nitrogens with one attached hydrogen (secondary N) is 1. The van der Waals surface area contributed by atoms with Crippen molar-refractivity contribution in [2.45, 2.75) is 39.2 Å². The Morgan fingerprint density at radius 2 is 2.05 bits per heavy atom. The van der Waals surface area contributed by atoms with Crippen LogP contribution >= 0.6 is 0 Å². The van der Waals surface area contributed by atoms with Crippen LogP contribution in [-0.4, -0.2) is 36.5 Å². The monoisotopic (exact) mass is 275 g/mol. The van der Waals surface area contributed by atoms with Crippen molar-refractivity contribution in [2.75, 3.05) is 25.4 Å². The summed E-state index contributed by atoms with van der Waals surface area (Å²) >= 11 is 0. The van der Waals surface area contributed by atoms with Crippen LogP contribution in [-0.2, 0) is 0 Å². The Hall–Kier alpha value is -1.55. The van der Waals surface area contributed by atoms with Gasteiger partial charge in [-0.25, -0.2) is 0 Å². The lowest BCUT2D eigenvalue weighted by Crippen LogP contribution is -2.43. The predicted octanol–water partition coefficient (Wildman–Crippen LogP) is 2.18. The summed E-state index contributed by atoms with van der Waals surface area (Å²) in [5, 5.41) is 3.06. The van der Waals surface area contributed by atoms with Gasteiger partial charge in [-0.3, -0.25) is 4.79 Å². The second-order valence-electron chi connectivity index (χ2n) is 5.77. The molecule has 2 rings (SSSR count). The molecule has 0 saturated carbocycles. The molecule has 20 heavy (non-hydrogen) atoms. The summed E-state index contributed by atoms with van der Waals surface area (Å²) in [7, 11) is 0. The molecule has 1 fully saturated rings.